The van der Waals surface area contributed by atoms with E-state index in [-0.39, 0.29) is 30.2 Å². The number of rotatable bonds is 2. The quantitative estimate of drug-likeness (QED) is 0.912. The summed E-state index contributed by atoms with van der Waals surface area (Å²) in [6.07, 6.45) is 4.62. The van der Waals surface area contributed by atoms with Gasteiger partial charge in [0.2, 0.25) is 5.91 Å². The molecule has 1 heterocycles. The highest BCUT2D eigenvalue weighted by atomic mass is 35.5. The molecular weight excluding hydrogens is 291 g/mol. The molecule has 0 bridgehead atoms. The van der Waals surface area contributed by atoms with Crippen molar-refractivity contribution in [3.63, 3.8) is 0 Å². The van der Waals surface area contributed by atoms with Crippen molar-refractivity contribution in [2.24, 2.45) is 5.73 Å². The van der Waals surface area contributed by atoms with Crippen molar-refractivity contribution in [1.82, 2.24) is 4.90 Å². The van der Waals surface area contributed by atoms with Crippen LogP contribution in [0.3, 0.4) is 0 Å². The summed E-state index contributed by atoms with van der Waals surface area (Å²) in [5.41, 5.74) is 6.30. The smallest absolute Gasteiger partial charge is 0.233 e. The number of halogens is 2. The van der Waals surface area contributed by atoms with Gasteiger partial charge in [-0.2, -0.15) is 0 Å². The van der Waals surface area contributed by atoms with E-state index in [0.717, 1.165) is 44.2 Å². The second-order valence-electron chi connectivity index (χ2n) is 6.10. The second-order valence-corrected chi connectivity index (χ2v) is 6.10. The Bertz CT molecular complexity index is 519. The molecule has 1 aromatic carbocycles. The number of carbonyl (C=O) groups excluding carboxylic acids is 1. The fourth-order valence-electron chi connectivity index (χ4n) is 3.44. The molecule has 2 aliphatic rings. The Morgan fingerprint density at radius 2 is 2.10 bits per heavy atom. The predicted octanol–water partition coefficient (Wildman–Crippen LogP) is 2.62. The zero-order valence-electron chi connectivity index (χ0n) is 12.1. The maximum Gasteiger partial charge on any atom is 0.233 e. The molecule has 1 aliphatic carbocycles. The molecule has 0 aromatic heterocycles. The van der Waals surface area contributed by atoms with Gasteiger partial charge in [0.05, 0.1) is 5.41 Å². The Morgan fingerprint density at radius 1 is 1.33 bits per heavy atom. The fraction of sp³-hybridized carbons (Fsp3) is 0.562. The highest BCUT2D eigenvalue weighted by molar-refractivity contribution is 5.89. The molecule has 1 aliphatic heterocycles. The first-order valence-electron chi connectivity index (χ1n) is 7.43. The maximum absolute atomic E-state index is 13.5. The lowest BCUT2D eigenvalue weighted by molar-refractivity contribution is -0.142. The van der Waals surface area contributed by atoms with Gasteiger partial charge in [-0.15, -0.1) is 12.4 Å². The minimum Gasteiger partial charge on any atom is -0.340 e. The normalized spacial score (nSPS) is 23.9. The van der Waals surface area contributed by atoms with E-state index < -0.39 is 5.41 Å². The lowest BCUT2D eigenvalue weighted by atomic mass is 9.63. The third kappa shape index (κ3) is 2.92. The number of hydrogen-bond donors (Lipinski definition) is 1. The van der Waals surface area contributed by atoms with Crippen LogP contribution < -0.4 is 5.73 Å². The van der Waals surface area contributed by atoms with Gasteiger partial charge in [0.1, 0.15) is 5.82 Å². The van der Waals surface area contributed by atoms with Gasteiger partial charge >= 0.3 is 0 Å². The van der Waals surface area contributed by atoms with E-state index in [1.807, 2.05) is 11.0 Å². The van der Waals surface area contributed by atoms with Crippen molar-refractivity contribution in [2.75, 3.05) is 13.1 Å². The predicted molar refractivity (Wildman–Crippen MR) is 83.0 cm³/mol. The molecule has 0 spiro atoms. The first-order valence-corrected chi connectivity index (χ1v) is 7.43. The zero-order chi connectivity index (χ0) is 14.2. The van der Waals surface area contributed by atoms with Crippen molar-refractivity contribution in [3.05, 3.63) is 35.6 Å². The molecule has 1 aromatic rings. The highest BCUT2D eigenvalue weighted by Crippen LogP contribution is 2.45. The van der Waals surface area contributed by atoms with Gasteiger partial charge in [-0.3, -0.25) is 4.79 Å². The van der Waals surface area contributed by atoms with Gasteiger partial charge in [0.25, 0.3) is 0 Å². The summed E-state index contributed by atoms with van der Waals surface area (Å²) in [5, 5.41) is 0. The number of benzene rings is 1. The summed E-state index contributed by atoms with van der Waals surface area (Å²) >= 11 is 0. The molecule has 3 rings (SSSR count). The standard InChI is InChI=1S/C16H21FN2O.ClH/c17-13-5-1-4-12(10-13)16(7-3-8-16)15(20)19-9-2-6-14(18)11-19;/h1,4-5,10,14H,2-3,6-9,11,18H2;1H. The van der Waals surface area contributed by atoms with Crippen molar-refractivity contribution in [2.45, 2.75) is 43.6 Å². The Hall–Kier alpha value is -1.13. The molecule has 1 saturated heterocycles. The Balaban J connectivity index is 0.00000161. The van der Waals surface area contributed by atoms with Gasteiger partial charge in [0, 0.05) is 19.1 Å². The van der Waals surface area contributed by atoms with E-state index in [4.69, 9.17) is 5.73 Å². The second kappa shape index (κ2) is 6.32. The van der Waals surface area contributed by atoms with Crippen molar-refractivity contribution in [3.8, 4) is 0 Å². The summed E-state index contributed by atoms with van der Waals surface area (Å²) in [6, 6.07) is 6.60. The third-order valence-electron chi connectivity index (χ3n) is 4.74. The molecule has 21 heavy (non-hydrogen) atoms. The zero-order valence-corrected chi connectivity index (χ0v) is 12.9. The lowest BCUT2D eigenvalue weighted by Gasteiger charge is -2.45. The van der Waals surface area contributed by atoms with Crippen molar-refractivity contribution >= 4 is 18.3 Å². The molecule has 5 heteroatoms. The number of likely N-dealkylation sites (tertiary alicyclic amines) is 1. The Labute approximate surface area is 131 Å². The van der Waals surface area contributed by atoms with Gasteiger partial charge in [-0.05, 0) is 43.4 Å². The van der Waals surface area contributed by atoms with Gasteiger partial charge in [0.15, 0.2) is 0 Å². The van der Waals surface area contributed by atoms with E-state index >= 15 is 0 Å². The van der Waals surface area contributed by atoms with Crippen LogP contribution in [0.15, 0.2) is 24.3 Å². The topological polar surface area (TPSA) is 46.3 Å². The van der Waals surface area contributed by atoms with Gasteiger partial charge < -0.3 is 10.6 Å². The molecule has 1 atom stereocenters. The summed E-state index contributed by atoms with van der Waals surface area (Å²) in [4.78, 5) is 14.8. The lowest BCUT2D eigenvalue weighted by Crippen LogP contribution is -2.55. The first kappa shape index (κ1) is 16.2. The molecule has 1 amide bonds. The van der Waals surface area contributed by atoms with E-state index in [1.165, 1.54) is 12.1 Å². The number of nitrogens with two attached hydrogens (primary N) is 1. The third-order valence-corrected chi connectivity index (χ3v) is 4.74. The number of piperidine rings is 1. The van der Waals surface area contributed by atoms with Crippen LogP contribution in [-0.2, 0) is 10.2 Å². The Kier molecular flexibility index (Phi) is 4.89. The largest absolute Gasteiger partial charge is 0.340 e. The summed E-state index contributed by atoms with van der Waals surface area (Å²) in [7, 11) is 0. The SMILES string of the molecule is Cl.NC1CCCN(C(=O)C2(c3cccc(F)c3)CCC2)C1. The van der Waals surface area contributed by atoms with Crippen molar-refractivity contribution in [1.29, 1.82) is 0 Å². The summed E-state index contributed by atoms with van der Waals surface area (Å²) in [5.74, 6) is -0.124. The van der Waals surface area contributed by atoms with E-state index in [1.54, 1.807) is 6.07 Å². The van der Waals surface area contributed by atoms with E-state index in [0.29, 0.717) is 6.54 Å². The van der Waals surface area contributed by atoms with Crippen LogP contribution in [0.1, 0.15) is 37.7 Å². The van der Waals surface area contributed by atoms with Crippen LogP contribution in [0.4, 0.5) is 4.39 Å². The molecule has 1 unspecified atom stereocenters. The van der Waals surface area contributed by atoms with Crippen molar-refractivity contribution < 1.29 is 9.18 Å². The minimum atomic E-state index is -0.501. The van der Waals surface area contributed by atoms with Gasteiger partial charge in [-0.25, -0.2) is 4.39 Å². The molecule has 0 radical (unpaired) electrons. The number of amides is 1. The average Bonchev–Trinajstić information content (AvgIpc) is 2.37. The number of hydrogen-bond acceptors (Lipinski definition) is 2. The van der Waals surface area contributed by atoms with E-state index in [9.17, 15) is 9.18 Å². The van der Waals surface area contributed by atoms with Crippen LogP contribution in [0, 0.1) is 5.82 Å². The first-order chi connectivity index (χ1) is 9.62. The van der Waals surface area contributed by atoms with E-state index in [2.05, 4.69) is 0 Å². The minimum absolute atomic E-state index is 0. The summed E-state index contributed by atoms with van der Waals surface area (Å²) < 4.78 is 13.5. The maximum atomic E-state index is 13.5. The van der Waals surface area contributed by atoms with Crippen LogP contribution in [0.25, 0.3) is 0 Å². The Morgan fingerprint density at radius 3 is 2.67 bits per heavy atom. The van der Waals surface area contributed by atoms with Gasteiger partial charge in [-0.1, -0.05) is 18.6 Å². The molecule has 1 saturated carbocycles. The molecule has 2 N–H and O–H groups in total. The average molecular weight is 313 g/mol. The van der Waals surface area contributed by atoms with Crippen LogP contribution in [-0.4, -0.2) is 29.9 Å². The molecule has 2 fully saturated rings. The fourth-order valence-corrected chi connectivity index (χ4v) is 3.44. The summed E-state index contributed by atoms with van der Waals surface area (Å²) in [6.45, 7) is 1.42. The molecule has 116 valence electrons. The molecule has 3 nitrogen and oxygen atoms in total. The number of carbonyl (C=O) groups is 1. The van der Waals surface area contributed by atoms with Crippen LogP contribution >= 0.6 is 12.4 Å². The molecular formula is C16H22ClFN2O. The highest BCUT2D eigenvalue weighted by Gasteiger charge is 2.48. The van der Waals surface area contributed by atoms with Crippen LogP contribution in [0.2, 0.25) is 0 Å². The van der Waals surface area contributed by atoms with Crippen LogP contribution in [0.5, 0.6) is 0 Å². The number of nitrogens with zero attached hydrogens (tertiary/aromatic N) is 1. The monoisotopic (exact) mass is 312 g/mol.